The fourth-order valence-corrected chi connectivity index (χ4v) is 1.49. The van der Waals surface area contributed by atoms with E-state index in [1.807, 2.05) is 13.8 Å². The van der Waals surface area contributed by atoms with Gasteiger partial charge in [-0.3, -0.25) is 10.1 Å². The van der Waals surface area contributed by atoms with Crippen LogP contribution in [0.25, 0.3) is 0 Å². The smallest absolute Gasteiger partial charge is 0.311 e. The zero-order valence-corrected chi connectivity index (χ0v) is 9.86. The van der Waals surface area contributed by atoms with Crippen molar-refractivity contribution in [2.45, 2.75) is 39.7 Å². The molecule has 0 aliphatic heterocycles. The van der Waals surface area contributed by atoms with E-state index in [4.69, 9.17) is 0 Å². The molecule has 5 heteroatoms. The van der Waals surface area contributed by atoms with Crippen molar-refractivity contribution in [1.82, 2.24) is 4.98 Å². The molecule has 0 spiro atoms. The average molecular weight is 223 g/mol. The molecule has 1 N–H and O–H groups in total. The van der Waals surface area contributed by atoms with E-state index in [1.54, 1.807) is 13.1 Å². The molecule has 0 atom stereocenters. The predicted octanol–water partition coefficient (Wildman–Crippen LogP) is 2.90. The lowest BCUT2D eigenvalue weighted by Gasteiger charge is -2.15. The molecule has 1 rings (SSSR count). The lowest BCUT2D eigenvalue weighted by Crippen LogP contribution is -2.18. The van der Waals surface area contributed by atoms with E-state index in [2.05, 4.69) is 10.3 Å². The molecule has 1 heterocycles. The van der Waals surface area contributed by atoms with Crippen molar-refractivity contribution >= 4 is 11.5 Å². The summed E-state index contributed by atoms with van der Waals surface area (Å²) in [6.07, 6.45) is 3.48. The first kappa shape index (κ1) is 12.4. The number of anilines is 1. The zero-order valence-electron chi connectivity index (χ0n) is 9.86. The molecule has 1 aromatic heterocycles. The highest BCUT2D eigenvalue weighted by molar-refractivity contribution is 5.56. The maximum atomic E-state index is 10.9. The summed E-state index contributed by atoms with van der Waals surface area (Å²) in [5, 5.41) is 14.0. The van der Waals surface area contributed by atoms with Gasteiger partial charge < -0.3 is 5.32 Å². The summed E-state index contributed by atoms with van der Waals surface area (Å²) in [4.78, 5) is 14.5. The van der Waals surface area contributed by atoms with Gasteiger partial charge in [-0.1, -0.05) is 13.8 Å². The maximum absolute atomic E-state index is 10.9. The number of hydrogen-bond acceptors (Lipinski definition) is 4. The standard InChI is InChI=1S/C11H17N3O2/c1-4-9(5-2)13-11-10(14(15)16)6-8(3)7-12-11/h6-7,9H,4-5H2,1-3H3,(H,12,13). The molecule has 1 aromatic rings. The van der Waals surface area contributed by atoms with Crippen molar-refractivity contribution in [3.63, 3.8) is 0 Å². The Balaban J connectivity index is 2.98. The first-order chi connectivity index (χ1) is 7.58. The topological polar surface area (TPSA) is 68.1 Å². The van der Waals surface area contributed by atoms with Crippen LogP contribution >= 0.6 is 0 Å². The van der Waals surface area contributed by atoms with Gasteiger partial charge in [-0.15, -0.1) is 0 Å². The molecule has 0 radical (unpaired) electrons. The molecule has 0 aliphatic rings. The van der Waals surface area contributed by atoms with Crippen LogP contribution in [0.3, 0.4) is 0 Å². The number of nitrogens with zero attached hydrogens (tertiary/aromatic N) is 2. The highest BCUT2D eigenvalue weighted by Gasteiger charge is 2.17. The number of nitrogens with one attached hydrogen (secondary N) is 1. The maximum Gasteiger partial charge on any atom is 0.311 e. The van der Waals surface area contributed by atoms with Crippen molar-refractivity contribution in [3.8, 4) is 0 Å². The van der Waals surface area contributed by atoms with E-state index in [0.717, 1.165) is 18.4 Å². The van der Waals surface area contributed by atoms with Gasteiger partial charge in [0.2, 0.25) is 5.82 Å². The SMILES string of the molecule is CCC(CC)Nc1ncc(C)cc1[N+](=O)[O-]. The number of pyridine rings is 1. The van der Waals surface area contributed by atoms with Crippen LogP contribution < -0.4 is 5.32 Å². The van der Waals surface area contributed by atoms with E-state index in [0.29, 0.717) is 5.82 Å². The lowest BCUT2D eigenvalue weighted by molar-refractivity contribution is -0.384. The second-order valence-electron chi connectivity index (χ2n) is 3.80. The summed E-state index contributed by atoms with van der Waals surface area (Å²) < 4.78 is 0. The van der Waals surface area contributed by atoms with Gasteiger partial charge in [-0.25, -0.2) is 4.98 Å². The minimum Gasteiger partial charge on any atom is -0.362 e. The molecule has 5 nitrogen and oxygen atoms in total. The minimum atomic E-state index is -0.398. The van der Waals surface area contributed by atoms with Crippen LogP contribution in [0.5, 0.6) is 0 Å². The lowest BCUT2D eigenvalue weighted by atomic mass is 10.1. The second kappa shape index (κ2) is 5.44. The van der Waals surface area contributed by atoms with Crippen LogP contribution in [-0.2, 0) is 0 Å². The van der Waals surface area contributed by atoms with E-state index in [-0.39, 0.29) is 11.7 Å². The van der Waals surface area contributed by atoms with Gasteiger partial charge in [0.25, 0.3) is 0 Å². The third-order valence-electron chi connectivity index (χ3n) is 2.53. The Labute approximate surface area is 95.0 Å². The molecule has 88 valence electrons. The number of rotatable bonds is 5. The zero-order chi connectivity index (χ0) is 12.1. The normalized spacial score (nSPS) is 10.5. The summed E-state index contributed by atoms with van der Waals surface area (Å²) in [5.74, 6) is 0.365. The summed E-state index contributed by atoms with van der Waals surface area (Å²) in [5.41, 5.74) is 0.841. The van der Waals surface area contributed by atoms with Crippen LogP contribution in [0.2, 0.25) is 0 Å². The number of hydrogen-bond donors (Lipinski definition) is 1. The largest absolute Gasteiger partial charge is 0.362 e. The summed E-state index contributed by atoms with van der Waals surface area (Å²) in [6.45, 7) is 5.88. The Morgan fingerprint density at radius 1 is 1.50 bits per heavy atom. The molecular formula is C11H17N3O2. The van der Waals surface area contributed by atoms with Gasteiger partial charge in [-0.05, 0) is 25.3 Å². The molecule has 0 aromatic carbocycles. The van der Waals surface area contributed by atoms with Crippen LogP contribution in [0.15, 0.2) is 12.3 Å². The predicted molar refractivity (Wildman–Crippen MR) is 63.6 cm³/mol. The molecule has 16 heavy (non-hydrogen) atoms. The Bertz CT molecular complexity index is 375. The Hall–Kier alpha value is -1.65. The third kappa shape index (κ3) is 2.92. The number of aromatic nitrogens is 1. The fourth-order valence-electron chi connectivity index (χ4n) is 1.49. The summed E-state index contributed by atoms with van der Waals surface area (Å²) >= 11 is 0. The van der Waals surface area contributed by atoms with Gasteiger partial charge in [0.15, 0.2) is 0 Å². The molecule has 0 amide bonds. The first-order valence-electron chi connectivity index (χ1n) is 5.46. The fraction of sp³-hybridized carbons (Fsp3) is 0.545. The highest BCUT2D eigenvalue weighted by atomic mass is 16.6. The molecule has 0 saturated heterocycles. The van der Waals surface area contributed by atoms with Crippen LogP contribution in [0.4, 0.5) is 11.5 Å². The van der Waals surface area contributed by atoms with Crippen LogP contribution in [0.1, 0.15) is 32.3 Å². The van der Waals surface area contributed by atoms with Crippen molar-refractivity contribution in [2.24, 2.45) is 0 Å². The van der Waals surface area contributed by atoms with Crippen molar-refractivity contribution in [2.75, 3.05) is 5.32 Å². The molecule has 0 aliphatic carbocycles. The number of aryl methyl sites for hydroxylation is 1. The van der Waals surface area contributed by atoms with Crippen molar-refractivity contribution in [3.05, 3.63) is 27.9 Å². The number of nitro groups is 1. The van der Waals surface area contributed by atoms with Crippen LogP contribution in [-0.4, -0.2) is 15.9 Å². The van der Waals surface area contributed by atoms with Gasteiger partial charge in [0, 0.05) is 18.3 Å². The van der Waals surface area contributed by atoms with Gasteiger partial charge in [0.05, 0.1) is 4.92 Å². The third-order valence-corrected chi connectivity index (χ3v) is 2.53. The Morgan fingerprint density at radius 2 is 2.12 bits per heavy atom. The highest BCUT2D eigenvalue weighted by Crippen LogP contribution is 2.23. The van der Waals surface area contributed by atoms with E-state index >= 15 is 0 Å². The molecular weight excluding hydrogens is 206 g/mol. The van der Waals surface area contributed by atoms with Crippen LogP contribution in [0, 0.1) is 17.0 Å². The van der Waals surface area contributed by atoms with Gasteiger partial charge >= 0.3 is 5.69 Å². The molecule has 0 unspecified atom stereocenters. The van der Waals surface area contributed by atoms with E-state index in [1.165, 1.54) is 6.07 Å². The molecule has 0 fully saturated rings. The Kier molecular flexibility index (Phi) is 4.22. The average Bonchev–Trinajstić information content (AvgIpc) is 2.27. The monoisotopic (exact) mass is 223 g/mol. The minimum absolute atomic E-state index is 0.0481. The van der Waals surface area contributed by atoms with Crippen molar-refractivity contribution in [1.29, 1.82) is 0 Å². The summed E-state index contributed by atoms with van der Waals surface area (Å²) in [7, 11) is 0. The Morgan fingerprint density at radius 3 is 2.62 bits per heavy atom. The second-order valence-corrected chi connectivity index (χ2v) is 3.80. The summed E-state index contributed by atoms with van der Waals surface area (Å²) in [6, 6.07) is 1.77. The van der Waals surface area contributed by atoms with Crippen molar-refractivity contribution < 1.29 is 4.92 Å². The first-order valence-corrected chi connectivity index (χ1v) is 5.46. The molecule has 0 saturated carbocycles. The van der Waals surface area contributed by atoms with Gasteiger partial charge in [0.1, 0.15) is 0 Å². The van der Waals surface area contributed by atoms with E-state index in [9.17, 15) is 10.1 Å². The molecule has 0 bridgehead atoms. The quantitative estimate of drug-likeness (QED) is 0.615. The van der Waals surface area contributed by atoms with E-state index < -0.39 is 4.92 Å². The van der Waals surface area contributed by atoms with Gasteiger partial charge in [-0.2, -0.15) is 0 Å².